The van der Waals surface area contributed by atoms with Crippen molar-refractivity contribution in [1.82, 2.24) is 0 Å². The summed E-state index contributed by atoms with van der Waals surface area (Å²) >= 11 is 3.75. The molecule has 276 valence electrons. The molecule has 10 aromatic carbocycles. The Morgan fingerprint density at radius 1 is 0.305 bits per heavy atom. The van der Waals surface area contributed by atoms with E-state index in [-0.39, 0.29) is 0 Å². The van der Waals surface area contributed by atoms with Gasteiger partial charge in [0.15, 0.2) is 0 Å². The minimum atomic E-state index is 1.10. The van der Waals surface area contributed by atoms with Gasteiger partial charge < -0.3 is 4.90 Å². The van der Waals surface area contributed by atoms with Gasteiger partial charge in [-0.25, -0.2) is 0 Å². The lowest BCUT2D eigenvalue weighted by Crippen LogP contribution is -2.13. The first-order valence-corrected chi connectivity index (χ1v) is 21.7. The van der Waals surface area contributed by atoms with Crippen LogP contribution in [0.15, 0.2) is 212 Å². The summed E-state index contributed by atoms with van der Waals surface area (Å²) in [4.78, 5) is 2.56. The Bertz CT molecular complexity index is 3580. The van der Waals surface area contributed by atoms with Gasteiger partial charge in [-0.2, -0.15) is 0 Å². The van der Waals surface area contributed by atoms with Gasteiger partial charge in [0.25, 0.3) is 0 Å². The van der Waals surface area contributed by atoms with Crippen LogP contribution in [0.4, 0.5) is 17.1 Å². The van der Waals surface area contributed by atoms with Crippen LogP contribution in [-0.2, 0) is 0 Å². The first-order valence-electron chi connectivity index (χ1n) is 20.1. The molecule has 0 fully saturated rings. The van der Waals surface area contributed by atoms with E-state index in [2.05, 4.69) is 217 Å². The van der Waals surface area contributed by atoms with Crippen molar-refractivity contribution in [3.8, 4) is 33.4 Å². The normalized spacial score (nSPS) is 11.7. The minimum absolute atomic E-state index is 1.10. The van der Waals surface area contributed by atoms with Crippen molar-refractivity contribution in [2.24, 2.45) is 0 Å². The number of para-hydroxylation sites is 1. The quantitative estimate of drug-likeness (QED) is 0.152. The number of fused-ring (bicyclic) bond motifs is 9. The third-order valence-electron chi connectivity index (χ3n) is 11.8. The van der Waals surface area contributed by atoms with Gasteiger partial charge >= 0.3 is 0 Å². The Morgan fingerprint density at radius 2 is 0.847 bits per heavy atom. The molecule has 1 nitrogen and oxygen atoms in total. The van der Waals surface area contributed by atoms with Crippen LogP contribution in [-0.4, -0.2) is 0 Å². The highest BCUT2D eigenvalue weighted by molar-refractivity contribution is 7.26. The van der Waals surface area contributed by atoms with E-state index in [9.17, 15) is 0 Å². The highest BCUT2D eigenvalue weighted by atomic mass is 32.1. The fraction of sp³-hybridized carbons (Fsp3) is 0. The Hall–Kier alpha value is -7.04. The van der Waals surface area contributed by atoms with Crippen LogP contribution in [0, 0.1) is 0 Å². The van der Waals surface area contributed by atoms with Gasteiger partial charge in [-0.3, -0.25) is 0 Å². The van der Waals surface area contributed by atoms with E-state index in [0.717, 1.165) is 11.4 Å². The molecule has 12 aromatic rings. The number of hydrogen-bond acceptors (Lipinski definition) is 3. The molecule has 0 unspecified atom stereocenters. The molecule has 0 aliphatic heterocycles. The van der Waals surface area contributed by atoms with E-state index < -0.39 is 0 Å². The third kappa shape index (κ3) is 5.51. The molecule has 0 radical (unpaired) electrons. The van der Waals surface area contributed by atoms with Crippen LogP contribution in [0.3, 0.4) is 0 Å². The van der Waals surface area contributed by atoms with Crippen molar-refractivity contribution in [2.45, 2.75) is 0 Å². The molecule has 0 atom stereocenters. The smallest absolute Gasteiger partial charge is 0.0625 e. The molecule has 3 heteroatoms. The molecule has 0 spiro atoms. The summed E-state index contributed by atoms with van der Waals surface area (Å²) in [5.74, 6) is 0. The molecule has 0 saturated heterocycles. The largest absolute Gasteiger partial charge is 0.309 e. The summed E-state index contributed by atoms with van der Waals surface area (Å²) in [5, 5.41) is 10.2. The monoisotopic (exact) mass is 785 g/mol. The SMILES string of the molecule is c1ccc(-c2c(N(c3cccc(-c4ccc5c(c4)sc4ccccc45)c3)c3ccccc3-c3cccc4c3sc3ccccc34)c3ccccc3c3ccccc23)cc1. The van der Waals surface area contributed by atoms with Gasteiger partial charge in [-0.15, -0.1) is 22.7 Å². The van der Waals surface area contributed by atoms with Crippen molar-refractivity contribution < 1.29 is 0 Å². The maximum Gasteiger partial charge on any atom is 0.0625 e. The van der Waals surface area contributed by atoms with Crippen molar-refractivity contribution in [3.05, 3.63) is 212 Å². The summed E-state index contributed by atoms with van der Waals surface area (Å²) in [5.41, 5.74) is 10.6. The summed E-state index contributed by atoms with van der Waals surface area (Å²) < 4.78 is 5.23. The zero-order valence-electron chi connectivity index (χ0n) is 32.0. The lowest BCUT2D eigenvalue weighted by molar-refractivity contribution is 1.30. The van der Waals surface area contributed by atoms with Gasteiger partial charge in [0, 0.05) is 68.1 Å². The van der Waals surface area contributed by atoms with Crippen LogP contribution in [0.25, 0.3) is 95.3 Å². The molecule has 2 heterocycles. The van der Waals surface area contributed by atoms with Crippen molar-refractivity contribution in [1.29, 1.82) is 0 Å². The van der Waals surface area contributed by atoms with Gasteiger partial charge in [0.1, 0.15) is 0 Å². The molecule has 0 aliphatic carbocycles. The molecular formula is C56H35NS2. The Balaban J connectivity index is 1.18. The zero-order valence-corrected chi connectivity index (χ0v) is 33.6. The highest BCUT2D eigenvalue weighted by Gasteiger charge is 2.26. The molecule has 0 N–H and O–H groups in total. The average molecular weight is 786 g/mol. The number of benzene rings is 10. The second-order valence-electron chi connectivity index (χ2n) is 15.2. The van der Waals surface area contributed by atoms with Crippen molar-refractivity contribution in [2.75, 3.05) is 4.90 Å². The van der Waals surface area contributed by atoms with Gasteiger partial charge in [0.05, 0.1) is 11.4 Å². The van der Waals surface area contributed by atoms with Crippen LogP contribution >= 0.6 is 22.7 Å². The summed E-state index contributed by atoms with van der Waals surface area (Å²) in [6.45, 7) is 0. The Morgan fingerprint density at radius 3 is 1.66 bits per heavy atom. The molecule has 0 saturated carbocycles. The minimum Gasteiger partial charge on any atom is -0.309 e. The van der Waals surface area contributed by atoms with E-state index in [4.69, 9.17) is 0 Å². The summed E-state index contributed by atoms with van der Waals surface area (Å²) in [7, 11) is 0. The topological polar surface area (TPSA) is 3.24 Å². The lowest BCUT2D eigenvalue weighted by atomic mass is 9.89. The second kappa shape index (κ2) is 13.8. The van der Waals surface area contributed by atoms with Crippen molar-refractivity contribution in [3.63, 3.8) is 0 Å². The fourth-order valence-electron chi connectivity index (χ4n) is 9.23. The average Bonchev–Trinajstić information content (AvgIpc) is 3.88. The fourth-order valence-corrected chi connectivity index (χ4v) is 11.6. The first-order chi connectivity index (χ1) is 29.3. The number of thiophene rings is 2. The maximum absolute atomic E-state index is 2.56. The predicted octanol–water partition coefficient (Wildman–Crippen LogP) is 17.2. The number of anilines is 3. The Kier molecular flexibility index (Phi) is 7.97. The van der Waals surface area contributed by atoms with E-state index in [1.807, 2.05) is 22.7 Å². The van der Waals surface area contributed by atoms with E-state index in [1.54, 1.807) is 0 Å². The molecular weight excluding hydrogens is 751 g/mol. The second-order valence-corrected chi connectivity index (χ2v) is 17.3. The maximum atomic E-state index is 2.56. The standard InChI is InChI=1S/C56H35NS2/c1-2-16-36(17-3-1)54-46-25-6-4-20-40(46)41-21-5-7-26-47(41)55(54)57(39-19-14-18-37(34-39)38-32-33-45-43-23-9-12-30-51(43)58-53(45)35-38)50-29-11-8-22-42(50)48-27-15-28-49-44-24-10-13-31-52(44)59-56(48)49/h1-35H. The number of nitrogens with zero attached hydrogens (tertiary/aromatic N) is 1. The highest BCUT2D eigenvalue weighted by Crippen LogP contribution is 2.52. The molecule has 0 bridgehead atoms. The lowest BCUT2D eigenvalue weighted by Gasteiger charge is -2.32. The van der Waals surface area contributed by atoms with E-state index in [1.165, 1.54) is 101 Å². The molecule has 2 aromatic heterocycles. The molecule has 0 amide bonds. The van der Waals surface area contributed by atoms with Crippen molar-refractivity contribution >= 4 is 102 Å². The van der Waals surface area contributed by atoms with Crippen LogP contribution in [0.5, 0.6) is 0 Å². The number of rotatable bonds is 6. The van der Waals surface area contributed by atoms with Crippen LogP contribution in [0.1, 0.15) is 0 Å². The zero-order chi connectivity index (χ0) is 38.9. The first kappa shape index (κ1) is 34.0. The van der Waals surface area contributed by atoms with Gasteiger partial charge in [-0.1, -0.05) is 176 Å². The van der Waals surface area contributed by atoms with Gasteiger partial charge in [-0.05, 0) is 69.2 Å². The Labute approximate surface area is 350 Å². The van der Waals surface area contributed by atoms with E-state index in [0.29, 0.717) is 0 Å². The van der Waals surface area contributed by atoms with Crippen LogP contribution < -0.4 is 4.90 Å². The van der Waals surface area contributed by atoms with E-state index >= 15 is 0 Å². The third-order valence-corrected chi connectivity index (χ3v) is 14.2. The van der Waals surface area contributed by atoms with Crippen LogP contribution in [0.2, 0.25) is 0 Å². The molecule has 0 aliphatic rings. The molecule has 59 heavy (non-hydrogen) atoms. The van der Waals surface area contributed by atoms with Gasteiger partial charge in [0.2, 0.25) is 0 Å². The summed E-state index contributed by atoms with van der Waals surface area (Å²) in [6.07, 6.45) is 0. The number of hydrogen-bond donors (Lipinski definition) is 0. The molecule has 12 rings (SSSR count). The predicted molar refractivity (Wildman–Crippen MR) is 258 cm³/mol. The summed E-state index contributed by atoms with van der Waals surface area (Å²) in [6, 6.07) is 78.3.